The number of carbonyl (C=O) groups is 2. The highest BCUT2D eigenvalue weighted by molar-refractivity contribution is 7.91. The lowest BCUT2D eigenvalue weighted by molar-refractivity contribution is -0.151. The molecule has 3 aromatic rings. The van der Waals surface area contributed by atoms with Crippen LogP contribution in [0.15, 0.2) is 54.6 Å². The zero-order chi connectivity index (χ0) is 23.7. The maximum atomic E-state index is 13.2. The molecule has 0 radical (unpaired) electrons. The Morgan fingerprint density at radius 2 is 1.79 bits per heavy atom. The number of carbonyl (C=O) groups excluding carboxylic acids is 2. The van der Waals surface area contributed by atoms with Crippen molar-refractivity contribution in [3.63, 3.8) is 0 Å². The number of aromatic nitrogens is 1. The minimum absolute atomic E-state index is 0.00128. The molecule has 1 fully saturated rings. The van der Waals surface area contributed by atoms with Gasteiger partial charge in [-0.15, -0.1) is 0 Å². The van der Waals surface area contributed by atoms with Crippen molar-refractivity contribution in [1.82, 2.24) is 4.98 Å². The number of sulfone groups is 1. The summed E-state index contributed by atoms with van der Waals surface area (Å²) < 4.78 is 33.6. The van der Waals surface area contributed by atoms with Crippen LogP contribution < -0.4 is 0 Å². The summed E-state index contributed by atoms with van der Waals surface area (Å²) in [6.07, 6.45) is 3.04. The fraction of sp³-hybridized carbons (Fsp3) is 0.269. The number of allylic oxidation sites excluding steroid dienone is 1. The van der Waals surface area contributed by atoms with Crippen LogP contribution in [0.1, 0.15) is 40.0 Å². The van der Waals surface area contributed by atoms with Crippen LogP contribution in [0.3, 0.4) is 0 Å². The number of benzene rings is 2. The van der Waals surface area contributed by atoms with Gasteiger partial charge in [0.2, 0.25) is 0 Å². The normalized spacial score (nSPS) is 19.8. The predicted octanol–water partition coefficient (Wildman–Crippen LogP) is 3.61. The Bertz CT molecular complexity index is 1410. The Morgan fingerprint density at radius 3 is 2.56 bits per heavy atom. The zero-order valence-electron chi connectivity index (χ0n) is 18.4. The first kappa shape index (κ1) is 22.3. The molecule has 1 atom stereocenters. The van der Waals surface area contributed by atoms with E-state index in [0.29, 0.717) is 22.9 Å². The number of pyridine rings is 1. The minimum Gasteiger partial charge on any atom is -0.459 e. The predicted molar refractivity (Wildman–Crippen MR) is 128 cm³/mol. The van der Waals surface area contributed by atoms with Crippen LogP contribution in [0.25, 0.3) is 22.6 Å². The van der Waals surface area contributed by atoms with Crippen LogP contribution in [0.5, 0.6) is 0 Å². The third-order valence-electron chi connectivity index (χ3n) is 6.10. The second-order valence-corrected chi connectivity index (χ2v) is 10.7. The van der Waals surface area contributed by atoms with Crippen molar-refractivity contribution in [2.24, 2.45) is 0 Å². The molecule has 2 aromatic carbocycles. The van der Waals surface area contributed by atoms with Gasteiger partial charge in [-0.3, -0.25) is 0 Å². The fourth-order valence-corrected chi connectivity index (χ4v) is 6.12. The Labute approximate surface area is 197 Å². The summed E-state index contributed by atoms with van der Waals surface area (Å²) in [5, 5.41) is 0.669. The molecule has 0 unspecified atom stereocenters. The number of ether oxygens (including phenoxy) is 2. The number of hydrogen-bond donors (Lipinski definition) is 0. The van der Waals surface area contributed by atoms with E-state index < -0.39 is 34.5 Å². The highest BCUT2D eigenvalue weighted by Crippen LogP contribution is 2.37. The summed E-state index contributed by atoms with van der Waals surface area (Å²) >= 11 is 0. The molecule has 0 spiro atoms. The van der Waals surface area contributed by atoms with E-state index in [2.05, 4.69) is 6.08 Å². The molecule has 0 amide bonds. The monoisotopic (exact) mass is 477 g/mol. The lowest BCUT2D eigenvalue weighted by atomic mass is 10.0. The fourth-order valence-electron chi connectivity index (χ4n) is 4.53. The molecule has 0 N–H and O–H groups in total. The largest absolute Gasteiger partial charge is 0.459 e. The van der Waals surface area contributed by atoms with Crippen LogP contribution in [0.2, 0.25) is 0 Å². The van der Waals surface area contributed by atoms with Gasteiger partial charge < -0.3 is 9.47 Å². The zero-order valence-corrected chi connectivity index (χ0v) is 19.2. The average molecular weight is 478 g/mol. The Morgan fingerprint density at radius 1 is 1.03 bits per heavy atom. The third-order valence-corrected chi connectivity index (χ3v) is 7.83. The number of esters is 2. The van der Waals surface area contributed by atoms with Gasteiger partial charge in [-0.2, -0.15) is 0 Å². The molecule has 2 aliphatic rings. The number of hydrogen-bond acceptors (Lipinski definition) is 7. The van der Waals surface area contributed by atoms with E-state index in [1.54, 1.807) is 0 Å². The molecular formula is C26H23NO6S. The quantitative estimate of drug-likeness (QED) is 0.518. The van der Waals surface area contributed by atoms with Gasteiger partial charge in [0, 0.05) is 5.39 Å². The van der Waals surface area contributed by atoms with Crippen molar-refractivity contribution in [3.8, 4) is 0 Å². The van der Waals surface area contributed by atoms with Gasteiger partial charge in [0.15, 0.2) is 16.4 Å². The summed E-state index contributed by atoms with van der Waals surface area (Å²) in [4.78, 5) is 30.2. The van der Waals surface area contributed by atoms with Crippen molar-refractivity contribution >= 4 is 44.3 Å². The van der Waals surface area contributed by atoms with Gasteiger partial charge in [-0.05, 0) is 48.1 Å². The first-order valence-corrected chi connectivity index (χ1v) is 13.0. The molecule has 1 saturated heterocycles. The van der Waals surface area contributed by atoms with Gasteiger partial charge in [-0.25, -0.2) is 23.0 Å². The number of para-hydroxylation sites is 1. The lowest BCUT2D eigenvalue weighted by Crippen LogP contribution is -2.24. The molecule has 1 aliphatic heterocycles. The maximum Gasteiger partial charge on any atom is 0.344 e. The second-order valence-electron chi connectivity index (χ2n) is 8.50. The molecule has 34 heavy (non-hydrogen) atoms. The Hall–Kier alpha value is -3.52. The van der Waals surface area contributed by atoms with E-state index in [1.165, 1.54) is 0 Å². The summed E-state index contributed by atoms with van der Waals surface area (Å²) in [5.41, 5.74) is 4.76. The Balaban J connectivity index is 1.40. The van der Waals surface area contributed by atoms with Gasteiger partial charge in [-0.1, -0.05) is 48.5 Å². The smallest absolute Gasteiger partial charge is 0.344 e. The molecule has 1 aliphatic carbocycles. The number of rotatable bonds is 5. The standard InChI is InChI=1S/C26H23NO6S/c28-23(33-19-12-13-34(30,31)16-19)15-32-26(29)24-20-8-4-5-9-22(20)27-25-18(10-11-21(24)25)14-17-6-2-1-3-7-17/h1-9,14,19H,10-13,15-16H2/b18-14-/t19-/m0/s1. The molecule has 174 valence electrons. The van der Waals surface area contributed by atoms with E-state index in [-0.39, 0.29) is 17.9 Å². The van der Waals surface area contributed by atoms with E-state index in [0.717, 1.165) is 28.8 Å². The van der Waals surface area contributed by atoms with Crippen LogP contribution in [-0.2, 0) is 30.5 Å². The minimum atomic E-state index is -3.17. The van der Waals surface area contributed by atoms with Gasteiger partial charge >= 0.3 is 11.9 Å². The van der Waals surface area contributed by atoms with E-state index in [1.807, 2.05) is 54.6 Å². The van der Waals surface area contributed by atoms with Crippen molar-refractivity contribution in [1.29, 1.82) is 0 Å². The van der Waals surface area contributed by atoms with E-state index in [4.69, 9.17) is 14.5 Å². The molecule has 2 heterocycles. The van der Waals surface area contributed by atoms with Gasteiger partial charge in [0.1, 0.15) is 6.10 Å². The third kappa shape index (κ3) is 4.59. The average Bonchev–Trinajstić information content (AvgIpc) is 3.38. The molecule has 1 aromatic heterocycles. The van der Waals surface area contributed by atoms with Crippen molar-refractivity contribution in [3.05, 3.63) is 77.0 Å². The Kier molecular flexibility index (Phi) is 5.91. The molecule has 0 bridgehead atoms. The molecule has 0 saturated carbocycles. The highest BCUT2D eigenvalue weighted by Gasteiger charge is 2.32. The van der Waals surface area contributed by atoms with E-state index in [9.17, 15) is 18.0 Å². The van der Waals surface area contributed by atoms with Gasteiger partial charge in [0.05, 0.1) is 28.3 Å². The summed E-state index contributed by atoms with van der Waals surface area (Å²) in [6, 6.07) is 17.3. The van der Waals surface area contributed by atoms with Crippen LogP contribution >= 0.6 is 0 Å². The number of nitrogens with zero attached hydrogens (tertiary/aromatic N) is 1. The molecule has 7 nitrogen and oxygen atoms in total. The molecule has 5 rings (SSSR count). The highest BCUT2D eigenvalue weighted by atomic mass is 32.2. The van der Waals surface area contributed by atoms with Gasteiger partial charge in [0.25, 0.3) is 0 Å². The first-order chi connectivity index (χ1) is 16.4. The lowest BCUT2D eigenvalue weighted by Gasteiger charge is -2.13. The topological polar surface area (TPSA) is 99.6 Å². The van der Waals surface area contributed by atoms with Crippen molar-refractivity contribution in [2.75, 3.05) is 18.1 Å². The summed E-state index contributed by atoms with van der Waals surface area (Å²) in [6.45, 7) is -0.576. The van der Waals surface area contributed by atoms with Crippen molar-refractivity contribution < 1.29 is 27.5 Å². The summed E-state index contributed by atoms with van der Waals surface area (Å²) in [7, 11) is -3.17. The maximum absolute atomic E-state index is 13.2. The van der Waals surface area contributed by atoms with Crippen LogP contribution in [0.4, 0.5) is 0 Å². The van der Waals surface area contributed by atoms with E-state index >= 15 is 0 Å². The summed E-state index contributed by atoms with van der Waals surface area (Å²) in [5.74, 6) is -1.56. The second kappa shape index (κ2) is 9.02. The van der Waals surface area contributed by atoms with Crippen LogP contribution in [0, 0.1) is 0 Å². The SMILES string of the molecule is O=C(COC(=O)c1c2c(nc3ccccc13)/C(=C\c1ccccc1)CC2)O[C@H]1CCS(=O)(=O)C1. The first-order valence-electron chi connectivity index (χ1n) is 11.1. The number of fused-ring (bicyclic) bond motifs is 2. The van der Waals surface area contributed by atoms with Crippen molar-refractivity contribution in [2.45, 2.75) is 25.4 Å². The molecular weight excluding hydrogens is 454 g/mol. The van der Waals surface area contributed by atoms with Crippen LogP contribution in [-0.4, -0.2) is 49.6 Å². The molecule has 8 heteroatoms.